The molecule has 0 aromatic carbocycles. The third-order valence-electron chi connectivity index (χ3n) is 2.05. The van der Waals surface area contributed by atoms with Crippen molar-refractivity contribution in [3.63, 3.8) is 0 Å². The Hall–Kier alpha value is -1.58. The number of aryl methyl sites for hydroxylation is 1. The van der Waals surface area contributed by atoms with Crippen molar-refractivity contribution < 1.29 is 9.34 Å². The number of hydrogen-bond acceptors (Lipinski definition) is 3. The SMILES string of the molecule is Cc1ccoc1/C=C(/CC(C)C)[N+](=O)[O-]. The molecule has 0 aliphatic rings. The first-order valence-corrected chi connectivity index (χ1v) is 4.89. The van der Waals surface area contributed by atoms with Crippen LogP contribution in [0, 0.1) is 23.0 Å². The second-order valence-corrected chi connectivity index (χ2v) is 3.96. The van der Waals surface area contributed by atoms with Crippen LogP contribution in [-0.2, 0) is 0 Å². The lowest BCUT2D eigenvalue weighted by Crippen LogP contribution is -2.02. The molecule has 0 saturated carbocycles. The molecular formula is C11H15NO3. The summed E-state index contributed by atoms with van der Waals surface area (Å²) in [5.41, 5.74) is 1.11. The third-order valence-corrected chi connectivity index (χ3v) is 2.05. The van der Waals surface area contributed by atoms with Gasteiger partial charge in [0, 0.05) is 6.42 Å². The average molecular weight is 209 g/mol. The molecule has 1 aromatic heterocycles. The van der Waals surface area contributed by atoms with Crippen molar-refractivity contribution in [2.24, 2.45) is 5.92 Å². The minimum Gasteiger partial charge on any atom is -0.464 e. The lowest BCUT2D eigenvalue weighted by molar-refractivity contribution is -0.427. The Morgan fingerprint density at radius 2 is 2.33 bits per heavy atom. The first-order valence-electron chi connectivity index (χ1n) is 4.89. The van der Waals surface area contributed by atoms with Gasteiger partial charge in [0.2, 0.25) is 5.70 Å². The fourth-order valence-electron chi connectivity index (χ4n) is 1.29. The predicted molar refractivity (Wildman–Crippen MR) is 57.9 cm³/mol. The van der Waals surface area contributed by atoms with E-state index in [1.54, 1.807) is 6.07 Å². The second-order valence-electron chi connectivity index (χ2n) is 3.96. The largest absolute Gasteiger partial charge is 0.464 e. The van der Waals surface area contributed by atoms with E-state index in [4.69, 9.17) is 4.42 Å². The highest BCUT2D eigenvalue weighted by Crippen LogP contribution is 2.18. The van der Waals surface area contributed by atoms with Crippen LogP contribution < -0.4 is 0 Å². The molecule has 0 bridgehead atoms. The van der Waals surface area contributed by atoms with Crippen LogP contribution in [0.4, 0.5) is 0 Å². The molecule has 0 spiro atoms. The van der Waals surface area contributed by atoms with Crippen LogP contribution >= 0.6 is 0 Å². The monoisotopic (exact) mass is 209 g/mol. The predicted octanol–water partition coefficient (Wildman–Crippen LogP) is 3.25. The van der Waals surface area contributed by atoms with E-state index in [0.717, 1.165) is 5.56 Å². The van der Waals surface area contributed by atoms with Crippen LogP contribution in [0.25, 0.3) is 6.08 Å². The van der Waals surface area contributed by atoms with Gasteiger partial charge in [-0.05, 0) is 24.5 Å². The van der Waals surface area contributed by atoms with E-state index in [-0.39, 0.29) is 16.5 Å². The molecule has 0 saturated heterocycles. The Labute approximate surface area is 88.7 Å². The van der Waals surface area contributed by atoms with E-state index < -0.39 is 0 Å². The van der Waals surface area contributed by atoms with Gasteiger partial charge in [-0.3, -0.25) is 10.1 Å². The molecule has 0 aliphatic heterocycles. The van der Waals surface area contributed by atoms with Gasteiger partial charge in [-0.15, -0.1) is 0 Å². The van der Waals surface area contributed by atoms with Gasteiger partial charge in [0.1, 0.15) is 5.76 Å². The van der Waals surface area contributed by atoms with Gasteiger partial charge in [0.25, 0.3) is 0 Å². The molecule has 82 valence electrons. The van der Waals surface area contributed by atoms with E-state index in [2.05, 4.69) is 0 Å². The molecule has 0 N–H and O–H groups in total. The molecular weight excluding hydrogens is 194 g/mol. The van der Waals surface area contributed by atoms with Crippen molar-refractivity contribution in [3.8, 4) is 0 Å². The number of rotatable bonds is 4. The van der Waals surface area contributed by atoms with Gasteiger partial charge in [0.15, 0.2) is 0 Å². The molecule has 4 heteroatoms. The molecule has 0 fully saturated rings. The molecule has 0 aliphatic carbocycles. The Kier molecular flexibility index (Phi) is 3.66. The summed E-state index contributed by atoms with van der Waals surface area (Å²) in [6.45, 7) is 5.76. The van der Waals surface area contributed by atoms with Crippen LogP contribution in [0.1, 0.15) is 31.6 Å². The van der Waals surface area contributed by atoms with Crippen LogP contribution in [0.5, 0.6) is 0 Å². The lowest BCUT2D eigenvalue weighted by atomic mass is 10.1. The first kappa shape index (κ1) is 11.5. The van der Waals surface area contributed by atoms with E-state index in [1.165, 1.54) is 12.3 Å². The summed E-state index contributed by atoms with van der Waals surface area (Å²) in [6, 6.07) is 1.79. The Bertz CT molecular complexity index is 377. The highest BCUT2D eigenvalue weighted by atomic mass is 16.6. The fraction of sp³-hybridized carbons (Fsp3) is 0.455. The van der Waals surface area contributed by atoms with Crippen molar-refractivity contribution in [2.75, 3.05) is 0 Å². The Morgan fingerprint density at radius 1 is 1.67 bits per heavy atom. The van der Waals surface area contributed by atoms with Gasteiger partial charge in [-0.1, -0.05) is 13.8 Å². The molecule has 0 atom stereocenters. The summed E-state index contributed by atoms with van der Waals surface area (Å²) in [7, 11) is 0. The van der Waals surface area contributed by atoms with Crippen LogP contribution in [0.3, 0.4) is 0 Å². The van der Waals surface area contributed by atoms with Crippen molar-refractivity contribution in [1.29, 1.82) is 0 Å². The molecule has 1 rings (SSSR count). The smallest absolute Gasteiger partial charge is 0.250 e. The lowest BCUT2D eigenvalue weighted by Gasteiger charge is -2.01. The number of allylic oxidation sites excluding steroid dienone is 1. The van der Waals surface area contributed by atoms with Crippen LogP contribution in [-0.4, -0.2) is 4.92 Å². The van der Waals surface area contributed by atoms with Gasteiger partial charge >= 0.3 is 0 Å². The average Bonchev–Trinajstić information content (AvgIpc) is 2.50. The summed E-state index contributed by atoms with van der Waals surface area (Å²) >= 11 is 0. The number of furan rings is 1. The molecule has 15 heavy (non-hydrogen) atoms. The quantitative estimate of drug-likeness (QED) is 0.565. The van der Waals surface area contributed by atoms with Crippen LogP contribution in [0.2, 0.25) is 0 Å². The zero-order chi connectivity index (χ0) is 11.4. The minimum absolute atomic E-state index is 0.197. The second kappa shape index (κ2) is 4.77. The maximum atomic E-state index is 10.8. The van der Waals surface area contributed by atoms with Gasteiger partial charge in [-0.25, -0.2) is 0 Å². The maximum Gasteiger partial charge on any atom is 0.250 e. The van der Waals surface area contributed by atoms with Gasteiger partial charge < -0.3 is 4.42 Å². The highest BCUT2D eigenvalue weighted by molar-refractivity contribution is 5.48. The fourth-order valence-corrected chi connectivity index (χ4v) is 1.29. The number of nitrogens with zero attached hydrogens (tertiary/aromatic N) is 1. The molecule has 1 heterocycles. The highest BCUT2D eigenvalue weighted by Gasteiger charge is 2.14. The number of nitro groups is 1. The van der Waals surface area contributed by atoms with E-state index in [0.29, 0.717) is 12.2 Å². The van der Waals surface area contributed by atoms with E-state index in [1.807, 2.05) is 20.8 Å². The number of hydrogen-bond donors (Lipinski definition) is 0. The molecule has 0 radical (unpaired) electrons. The van der Waals surface area contributed by atoms with Crippen LogP contribution in [0.15, 0.2) is 22.4 Å². The van der Waals surface area contributed by atoms with Crippen molar-refractivity contribution in [3.05, 3.63) is 39.5 Å². The topological polar surface area (TPSA) is 56.3 Å². The van der Waals surface area contributed by atoms with E-state index in [9.17, 15) is 10.1 Å². The van der Waals surface area contributed by atoms with Crippen molar-refractivity contribution >= 4 is 6.08 Å². The van der Waals surface area contributed by atoms with Crippen molar-refractivity contribution in [2.45, 2.75) is 27.2 Å². The third kappa shape index (κ3) is 3.23. The van der Waals surface area contributed by atoms with Crippen molar-refractivity contribution in [1.82, 2.24) is 0 Å². The Morgan fingerprint density at radius 3 is 2.73 bits per heavy atom. The normalized spacial score (nSPS) is 12.1. The zero-order valence-electron chi connectivity index (χ0n) is 9.19. The summed E-state index contributed by atoms with van der Waals surface area (Å²) < 4.78 is 5.15. The van der Waals surface area contributed by atoms with Gasteiger partial charge in [-0.2, -0.15) is 0 Å². The molecule has 0 amide bonds. The summed E-state index contributed by atoms with van der Waals surface area (Å²) in [4.78, 5) is 10.4. The maximum absolute atomic E-state index is 10.8. The van der Waals surface area contributed by atoms with Gasteiger partial charge in [0.05, 0.1) is 17.3 Å². The summed E-state index contributed by atoms with van der Waals surface area (Å²) in [6.07, 6.45) is 3.50. The zero-order valence-corrected chi connectivity index (χ0v) is 9.19. The molecule has 0 unspecified atom stereocenters. The standard InChI is InChI=1S/C11H15NO3/c1-8(2)6-10(12(13)14)7-11-9(3)4-5-15-11/h4-5,7-8H,6H2,1-3H3/b10-7-. The summed E-state index contributed by atoms with van der Waals surface area (Å²) in [5.74, 6) is 0.833. The first-order chi connectivity index (χ1) is 7.00. The Balaban J connectivity index is 2.94. The minimum atomic E-state index is -0.345. The molecule has 4 nitrogen and oxygen atoms in total. The summed E-state index contributed by atoms with van der Waals surface area (Å²) in [5, 5.41) is 10.8. The van der Waals surface area contributed by atoms with E-state index >= 15 is 0 Å². The molecule has 1 aromatic rings.